The maximum absolute atomic E-state index is 10.8. The van der Waals surface area contributed by atoms with E-state index >= 15 is 0 Å². The highest BCUT2D eigenvalue weighted by Gasteiger charge is 2.28. The molecule has 1 aromatic heterocycles. The summed E-state index contributed by atoms with van der Waals surface area (Å²) in [7, 11) is 0. The molecule has 1 N–H and O–H groups in total. The van der Waals surface area contributed by atoms with Crippen LogP contribution in [0, 0.1) is 0 Å². The Morgan fingerprint density at radius 1 is 1.50 bits per heavy atom. The molecule has 1 fully saturated rings. The van der Waals surface area contributed by atoms with Crippen molar-refractivity contribution in [2.75, 3.05) is 19.8 Å². The minimum absolute atomic E-state index is 0.221. The van der Waals surface area contributed by atoms with E-state index in [0.29, 0.717) is 37.0 Å². The number of hydrogen-bond donors (Lipinski definition) is 1. The fourth-order valence-corrected chi connectivity index (χ4v) is 1.71. The highest BCUT2D eigenvalue weighted by Crippen LogP contribution is 2.32. The monoisotopic (exact) mass is 254 g/mol. The number of carboxylic acid groups (broad SMARTS) is 1. The standard InChI is InChI=1S/C11H14N2O5/c1-2-16-10-9(11-17-3-4-18-11)7(5-8(14)15)12-6-13-10/h6,11H,2-5H2,1H3,(H,14,15). The maximum Gasteiger partial charge on any atom is 0.309 e. The second-order valence-electron chi connectivity index (χ2n) is 3.62. The molecule has 0 bridgehead atoms. The molecule has 0 aromatic carbocycles. The second kappa shape index (κ2) is 5.74. The third-order valence-electron chi connectivity index (χ3n) is 2.39. The summed E-state index contributed by atoms with van der Waals surface area (Å²) in [6, 6.07) is 0. The van der Waals surface area contributed by atoms with Crippen molar-refractivity contribution >= 4 is 5.97 Å². The number of rotatable bonds is 5. The molecule has 0 amide bonds. The van der Waals surface area contributed by atoms with Crippen LogP contribution in [-0.2, 0) is 20.7 Å². The Morgan fingerprint density at radius 3 is 2.83 bits per heavy atom. The van der Waals surface area contributed by atoms with Gasteiger partial charge in [0.2, 0.25) is 5.88 Å². The summed E-state index contributed by atoms with van der Waals surface area (Å²) in [6.45, 7) is 3.15. The summed E-state index contributed by atoms with van der Waals surface area (Å²) in [5, 5.41) is 8.87. The lowest BCUT2D eigenvalue weighted by molar-refractivity contribution is -0.136. The zero-order valence-electron chi connectivity index (χ0n) is 9.96. The summed E-state index contributed by atoms with van der Waals surface area (Å²) >= 11 is 0. The predicted molar refractivity (Wildman–Crippen MR) is 59.2 cm³/mol. The molecule has 1 aromatic rings. The Bertz CT molecular complexity index is 431. The number of ether oxygens (including phenoxy) is 3. The van der Waals surface area contributed by atoms with Crippen molar-refractivity contribution in [3.8, 4) is 5.88 Å². The van der Waals surface area contributed by atoms with Gasteiger partial charge < -0.3 is 19.3 Å². The van der Waals surface area contributed by atoms with E-state index in [-0.39, 0.29) is 6.42 Å². The lowest BCUT2D eigenvalue weighted by atomic mass is 10.1. The van der Waals surface area contributed by atoms with E-state index in [4.69, 9.17) is 19.3 Å². The normalized spacial score (nSPS) is 15.8. The molecule has 0 aliphatic carbocycles. The molecule has 7 nitrogen and oxygen atoms in total. The molecular weight excluding hydrogens is 240 g/mol. The fraction of sp³-hybridized carbons (Fsp3) is 0.545. The summed E-state index contributed by atoms with van der Waals surface area (Å²) in [4.78, 5) is 18.8. The molecule has 1 aliphatic heterocycles. The number of carboxylic acids is 1. The van der Waals surface area contributed by atoms with Crippen LogP contribution in [0.2, 0.25) is 0 Å². The zero-order valence-corrected chi connectivity index (χ0v) is 9.96. The van der Waals surface area contributed by atoms with E-state index in [2.05, 4.69) is 9.97 Å². The van der Waals surface area contributed by atoms with Gasteiger partial charge in [-0.1, -0.05) is 0 Å². The molecule has 0 atom stereocenters. The Morgan fingerprint density at radius 2 is 2.22 bits per heavy atom. The Labute approximate surface area is 104 Å². The van der Waals surface area contributed by atoms with E-state index in [0.717, 1.165) is 0 Å². The average molecular weight is 254 g/mol. The van der Waals surface area contributed by atoms with Crippen LogP contribution in [0.4, 0.5) is 0 Å². The van der Waals surface area contributed by atoms with Gasteiger partial charge in [-0.2, -0.15) is 0 Å². The van der Waals surface area contributed by atoms with Crippen LogP contribution < -0.4 is 4.74 Å². The van der Waals surface area contributed by atoms with E-state index in [1.807, 2.05) is 6.92 Å². The molecule has 1 saturated heterocycles. The predicted octanol–water partition coefficient (Wildman–Crippen LogP) is 0.548. The molecule has 1 aliphatic rings. The van der Waals surface area contributed by atoms with Crippen LogP contribution in [-0.4, -0.2) is 40.9 Å². The average Bonchev–Trinajstić information content (AvgIpc) is 2.82. The molecule has 7 heteroatoms. The maximum atomic E-state index is 10.8. The van der Waals surface area contributed by atoms with Gasteiger partial charge in [-0.25, -0.2) is 9.97 Å². The molecule has 98 valence electrons. The molecule has 0 spiro atoms. The Balaban J connectivity index is 2.37. The van der Waals surface area contributed by atoms with Crippen LogP contribution in [0.15, 0.2) is 6.33 Å². The third kappa shape index (κ3) is 2.74. The first-order valence-electron chi connectivity index (χ1n) is 5.64. The van der Waals surface area contributed by atoms with Gasteiger partial charge in [0, 0.05) is 0 Å². The fourth-order valence-electron chi connectivity index (χ4n) is 1.71. The van der Waals surface area contributed by atoms with Crippen molar-refractivity contribution in [1.82, 2.24) is 9.97 Å². The Hall–Kier alpha value is -1.73. The number of nitrogens with zero attached hydrogens (tertiary/aromatic N) is 2. The summed E-state index contributed by atoms with van der Waals surface area (Å²) in [6.07, 6.45) is 0.408. The van der Waals surface area contributed by atoms with Crippen LogP contribution >= 0.6 is 0 Å². The van der Waals surface area contributed by atoms with Crippen LogP contribution in [0.3, 0.4) is 0 Å². The summed E-state index contributed by atoms with van der Waals surface area (Å²) in [5.41, 5.74) is 0.826. The Kier molecular flexibility index (Phi) is 4.06. The topological polar surface area (TPSA) is 90.8 Å². The van der Waals surface area contributed by atoms with Gasteiger partial charge in [0.15, 0.2) is 6.29 Å². The molecule has 2 heterocycles. The van der Waals surface area contributed by atoms with Gasteiger partial charge in [0.1, 0.15) is 6.33 Å². The van der Waals surface area contributed by atoms with Gasteiger partial charge in [-0.15, -0.1) is 0 Å². The minimum Gasteiger partial charge on any atom is -0.481 e. The van der Waals surface area contributed by atoms with Gasteiger partial charge >= 0.3 is 5.97 Å². The number of aromatic nitrogens is 2. The highest BCUT2D eigenvalue weighted by atomic mass is 16.7. The molecule has 0 radical (unpaired) electrons. The van der Waals surface area contributed by atoms with Gasteiger partial charge in [0.25, 0.3) is 0 Å². The van der Waals surface area contributed by atoms with Crippen molar-refractivity contribution in [3.05, 3.63) is 17.6 Å². The molecule has 0 unspecified atom stereocenters. The van der Waals surface area contributed by atoms with Gasteiger partial charge in [-0.05, 0) is 6.92 Å². The van der Waals surface area contributed by atoms with Crippen molar-refractivity contribution in [2.45, 2.75) is 19.6 Å². The number of carbonyl (C=O) groups is 1. The molecule has 2 rings (SSSR count). The first-order valence-corrected chi connectivity index (χ1v) is 5.64. The van der Waals surface area contributed by atoms with Crippen LogP contribution in [0.1, 0.15) is 24.5 Å². The lowest BCUT2D eigenvalue weighted by Crippen LogP contribution is -2.13. The van der Waals surface area contributed by atoms with E-state index in [1.165, 1.54) is 6.33 Å². The van der Waals surface area contributed by atoms with E-state index < -0.39 is 12.3 Å². The molecule has 0 saturated carbocycles. The van der Waals surface area contributed by atoms with Crippen molar-refractivity contribution in [1.29, 1.82) is 0 Å². The second-order valence-corrected chi connectivity index (χ2v) is 3.62. The lowest BCUT2D eigenvalue weighted by Gasteiger charge is -2.16. The number of aliphatic carboxylic acids is 1. The minimum atomic E-state index is -0.976. The number of hydrogen-bond acceptors (Lipinski definition) is 6. The first kappa shape index (κ1) is 12.7. The molecule has 18 heavy (non-hydrogen) atoms. The van der Waals surface area contributed by atoms with Crippen molar-refractivity contribution in [3.63, 3.8) is 0 Å². The van der Waals surface area contributed by atoms with Crippen LogP contribution in [0.25, 0.3) is 0 Å². The van der Waals surface area contributed by atoms with Crippen molar-refractivity contribution in [2.24, 2.45) is 0 Å². The smallest absolute Gasteiger partial charge is 0.309 e. The SMILES string of the molecule is CCOc1ncnc(CC(=O)O)c1C1OCCO1. The largest absolute Gasteiger partial charge is 0.481 e. The highest BCUT2D eigenvalue weighted by molar-refractivity contribution is 5.70. The zero-order chi connectivity index (χ0) is 13.0. The van der Waals surface area contributed by atoms with E-state index in [1.54, 1.807) is 0 Å². The van der Waals surface area contributed by atoms with Gasteiger partial charge in [0.05, 0.1) is 37.5 Å². The van der Waals surface area contributed by atoms with Gasteiger partial charge in [-0.3, -0.25) is 4.79 Å². The summed E-state index contributed by atoms with van der Waals surface area (Å²) < 4.78 is 16.1. The van der Waals surface area contributed by atoms with E-state index in [9.17, 15) is 4.79 Å². The van der Waals surface area contributed by atoms with Crippen molar-refractivity contribution < 1.29 is 24.1 Å². The third-order valence-corrected chi connectivity index (χ3v) is 2.39. The quantitative estimate of drug-likeness (QED) is 0.820. The summed E-state index contributed by atoms with van der Waals surface area (Å²) in [5.74, 6) is -0.661. The molecular formula is C11H14N2O5. The van der Waals surface area contributed by atoms with Crippen LogP contribution in [0.5, 0.6) is 5.88 Å². The first-order chi connectivity index (χ1) is 8.72.